The Balaban J connectivity index is 2.18. The number of ether oxygens (including phenoxy) is 3. The lowest BCUT2D eigenvalue weighted by atomic mass is 10.2. The van der Waals surface area contributed by atoms with E-state index in [1.807, 2.05) is 12.1 Å². The Kier molecular flexibility index (Phi) is 1.24. The van der Waals surface area contributed by atoms with Crippen LogP contribution < -0.4 is 14.2 Å². The molecule has 0 unspecified atom stereocenters. The zero-order chi connectivity index (χ0) is 8.67. The molecule has 4 heteroatoms. The van der Waals surface area contributed by atoms with Crippen LogP contribution in [0.2, 0.25) is 0 Å². The van der Waals surface area contributed by atoms with E-state index < -0.39 is 0 Å². The molecule has 0 atom stereocenters. The molecule has 3 rings (SSSR count). The van der Waals surface area contributed by atoms with Crippen LogP contribution in [-0.4, -0.2) is 19.6 Å². The highest BCUT2D eigenvalue weighted by atomic mass is 16.7. The molecule has 0 fully saturated rings. The Hall–Kier alpha value is -1.71. The van der Waals surface area contributed by atoms with Crippen molar-refractivity contribution in [2.45, 2.75) is 0 Å². The molecule has 0 aliphatic carbocycles. The summed E-state index contributed by atoms with van der Waals surface area (Å²) in [7, 11) is 0. The van der Waals surface area contributed by atoms with Gasteiger partial charge in [0.05, 0.1) is 0 Å². The van der Waals surface area contributed by atoms with Crippen LogP contribution in [0.5, 0.6) is 17.2 Å². The second-order valence-electron chi connectivity index (χ2n) is 2.80. The summed E-state index contributed by atoms with van der Waals surface area (Å²) >= 11 is 0. The van der Waals surface area contributed by atoms with Gasteiger partial charge in [-0.25, -0.2) is 0 Å². The molecule has 0 spiro atoms. The maximum atomic E-state index is 5.36. The van der Waals surface area contributed by atoms with E-state index in [-0.39, 0.29) is 6.79 Å². The molecule has 2 heterocycles. The molecule has 2 aliphatic heterocycles. The number of hydrogen-bond acceptors (Lipinski definition) is 4. The third kappa shape index (κ3) is 0.950. The van der Waals surface area contributed by atoms with Gasteiger partial charge in [0.2, 0.25) is 6.79 Å². The van der Waals surface area contributed by atoms with Crippen molar-refractivity contribution >= 4 is 11.9 Å². The minimum Gasteiger partial charge on any atom is -0.486 e. The smallest absolute Gasteiger partial charge is 0.231 e. The molecule has 4 nitrogen and oxygen atoms in total. The van der Waals surface area contributed by atoms with Crippen LogP contribution in [0.3, 0.4) is 0 Å². The highest BCUT2D eigenvalue weighted by Crippen LogP contribution is 2.42. The van der Waals surface area contributed by atoms with Gasteiger partial charge >= 0.3 is 0 Å². The molecule has 0 bridgehead atoms. The number of aliphatic imine (C=N–C) groups is 1. The Morgan fingerprint density at radius 1 is 1.00 bits per heavy atom. The summed E-state index contributed by atoms with van der Waals surface area (Å²) in [6.07, 6.45) is 1.73. The summed E-state index contributed by atoms with van der Waals surface area (Å²) in [5.41, 5.74) is 0.801. The van der Waals surface area contributed by atoms with Crippen LogP contribution in [0.4, 0.5) is 5.69 Å². The second kappa shape index (κ2) is 2.39. The van der Waals surface area contributed by atoms with E-state index >= 15 is 0 Å². The Bertz CT molecular complexity index is 387. The largest absolute Gasteiger partial charge is 0.486 e. The Labute approximate surface area is 74.8 Å². The lowest BCUT2D eigenvalue weighted by Gasteiger charge is -2.11. The monoisotopic (exact) mass is 177 g/mol. The van der Waals surface area contributed by atoms with Crippen molar-refractivity contribution in [2.75, 3.05) is 13.4 Å². The van der Waals surface area contributed by atoms with Gasteiger partial charge in [-0.3, -0.25) is 4.99 Å². The lowest BCUT2D eigenvalue weighted by molar-refractivity contribution is 0.174. The minimum atomic E-state index is 0.280. The van der Waals surface area contributed by atoms with E-state index in [0.29, 0.717) is 6.61 Å². The van der Waals surface area contributed by atoms with Crippen molar-refractivity contribution in [3.05, 3.63) is 12.1 Å². The molecule has 0 N–H and O–H groups in total. The maximum Gasteiger partial charge on any atom is 0.231 e. The van der Waals surface area contributed by atoms with Gasteiger partial charge in [-0.2, -0.15) is 0 Å². The van der Waals surface area contributed by atoms with Crippen molar-refractivity contribution < 1.29 is 14.2 Å². The van der Waals surface area contributed by atoms with Gasteiger partial charge in [-0.15, -0.1) is 0 Å². The molecule has 0 amide bonds. The molecule has 2 aliphatic rings. The molecule has 0 radical (unpaired) electrons. The SMILES string of the molecule is C1=Nc2cc3c(cc2OC1)OCO3. The zero-order valence-corrected chi connectivity index (χ0v) is 6.82. The summed E-state index contributed by atoms with van der Waals surface area (Å²) in [6.45, 7) is 0.800. The van der Waals surface area contributed by atoms with E-state index in [1.165, 1.54) is 0 Å². The molecule has 1 aromatic rings. The van der Waals surface area contributed by atoms with Crippen molar-refractivity contribution in [3.63, 3.8) is 0 Å². The summed E-state index contributed by atoms with van der Waals surface area (Å²) in [6, 6.07) is 3.64. The fourth-order valence-corrected chi connectivity index (χ4v) is 1.39. The third-order valence-electron chi connectivity index (χ3n) is 2.00. The average Bonchev–Trinajstić information content (AvgIpc) is 2.61. The zero-order valence-electron chi connectivity index (χ0n) is 6.82. The van der Waals surface area contributed by atoms with Gasteiger partial charge in [0.25, 0.3) is 0 Å². The second-order valence-corrected chi connectivity index (χ2v) is 2.80. The number of hydrogen-bond donors (Lipinski definition) is 0. The number of fused-ring (bicyclic) bond motifs is 2. The van der Waals surface area contributed by atoms with Gasteiger partial charge < -0.3 is 14.2 Å². The molecule has 13 heavy (non-hydrogen) atoms. The van der Waals surface area contributed by atoms with Crippen LogP contribution in [0.25, 0.3) is 0 Å². The molecular weight excluding hydrogens is 170 g/mol. The number of nitrogens with zero attached hydrogens (tertiary/aromatic N) is 1. The molecule has 1 aromatic carbocycles. The quantitative estimate of drug-likeness (QED) is 0.603. The van der Waals surface area contributed by atoms with Crippen molar-refractivity contribution in [3.8, 4) is 17.2 Å². The minimum absolute atomic E-state index is 0.280. The predicted octanol–water partition coefficient (Wildman–Crippen LogP) is 1.51. The molecule has 0 saturated carbocycles. The van der Waals surface area contributed by atoms with E-state index in [1.54, 1.807) is 6.21 Å². The first kappa shape index (κ1) is 6.77. The van der Waals surface area contributed by atoms with E-state index in [4.69, 9.17) is 14.2 Å². The van der Waals surface area contributed by atoms with Gasteiger partial charge in [0.15, 0.2) is 11.5 Å². The van der Waals surface area contributed by atoms with Crippen molar-refractivity contribution in [1.29, 1.82) is 0 Å². The fraction of sp³-hybridized carbons (Fsp3) is 0.222. The number of rotatable bonds is 0. The normalized spacial score (nSPS) is 16.6. The Morgan fingerprint density at radius 3 is 2.77 bits per heavy atom. The first-order valence-corrected chi connectivity index (χ1v) is 4.02. The first-order chi connectivity index (χ1) is 6.43. The lowest BCUT2D eigenvalue weighted by Crippen LogP contribution is -2.02. The molecular formula is C9H7NO3. The highest BCUT2D eigenvalue weighted by Gasteiger charge is 2.18. The molecule has 66 valence electrons. The van der Waals surface area contributed by atoms with Crippen LogP contribution in [0.15, 0.2) is 17.1 Å². The first-order valence-electron chi connectivity index (χ1n) is 4.02. The summed E-state index contributed by atoms with van der Waals surface area (Å²) in [4.78, 5) is 4.18. The molecule has 0 aromatic heterocycles. The fourth-order valence-electron chi connectivity index (χ4n) is 1.39. The predicted molar refractivity (Wildman–Crippen MR) is 46.2 cm³/mol. The van der Waals surface area contributed by atoms with Gasteiger partial charge in [-0.05, 0) is 0 Å². The average molecular weight is 177 g/mol. The van der Waals surface area contributed by atoms with Crippen LogP contribution in [0, 0.1) is 0 Å². The van der Waals surface area contributed by atoms with Crippen molar-refractivity contribution in [2.24, 2.45) is 4.99 Å². The summed E-state index contributed by atoms with van der Waals surface area (Å²) in [5.74, 6) is 2.23. The van der Waals surface area contributed by atoms with Crippen LogP contribution in [-0.2, 0) is 0 Å². The Morgan fingerprint density at radius 2 is 1.85 bits per heavy atom. The van der Waals surface area contributed by atoms with Gasteiger partial charge in [-0.1, -0.05) is 0 Å². The molecule has 0 saturated heterocycles. The van der Waals surface area contributed by atoms with Crippen LogP contribution in [0.1, 0.15) is 0 Å². The highest BCUT2D eigenvalue weighted by molar-refractivity contribution is 5.73. The topological polar surface area (TPSA) is 40.0 Å². The summed E-state index contributed by atoms with van der Waals surface area (Å²) in [5, 5.41) is 0. The van der Waals surface area contributed by atoms with Crippen LogP contribution >= 0.6 is 0 Å². The van der Waals surface area contributed by atoms with E-state index in [0.717, 1.165) is 22.9 Å². The van der Waals surface area contributed by atoms with E-state index in [9.17, 15) is 0 Å². The maximum absolute atomic E-state index is 5.36. The third-order valence-corrected chi connectivity index (χ3v) is 2.00. The van der Waals surface area contributed by atoms with E-state index in [2.05, 4.69) is 4.99 Å². The van der Waals surface area contributed by atoms with Gasteiger partial charge in [0.1, 0.15) is 18.0 Å². The standard InChI is InChI=1S/C9H7NO3/c1-2-11-7-4-9-8(12-5-13-9)3-6(7)10-1/h1,3-4H,2,5H2. The number of benzene rings is 1. The van der Waals surface area contributed by atoms with Crippen molar-refractivity contribution in [1.82, 2.24) is 0 Å². The summed E-state index contributed by atoms with van der Waals surface area (Å²) < 4.78 is 15.8. The van der Waals surface area contributed by atoms with Gasteiger partial charge in [0, 0.05) is 18.3 Å².